The minimum atomic E-state index is -4.86. The molecule has 2 aromatic carbocycles. The van der Waals surface area contributed by atoms with Gasteiger partial charge >= 0.3 is 6.18 Å². The number of aryl methyl sites for hydroxylation is 2. The first kappa shape index (κ1) is 25.4. The zero-order valence-electron chi connectivity index (χ0n) is 18.5. The Labute approximate surface area is 199 Å². The molecule has 0 aliphatic heterocycles. The van der Waals surface area contributed by atoms with Gasteiger partial charge in [-0.1, -0.05) is 23.7 Å². The summed E-state index contributed by atoms with van der Waals surface area (Å²) < 4.78 is 65.9. The van der Waals surface area contributed by atoms with Gasteiger partial charge in [-0.3, -0.25) is 4.79 Å². The summed E-state index contributed by atoms with van der Waals surface area (Å²) in [5.41, 5.74) is -0.764. The number of hydrogen-bond acceptors (Lipinski definition) is 6. The number of benzene rings is 2. The van der Waals surface area contributed by atoms with Gasteiger partial charge in [0, 0.05) is 16.8 Å². The van der Waals surface area contributed by atoms with Crippen LogP contribution in [0.15, 0.2) is 41.3 Å². The van der Waals surface area contributed by atoms with Gasteiger partial charge < -0.3 is 10.1 Å². The lowest BCUT2D eigenvalue weighted by Crippen LogP contribution is -2.21. The maximum Gasteiger partial charge on any atom is 0.435 e. The van der Waals surface area contributed by atoms with Crippen molar-refractivity contribution in [3.8, 4) is 11.6 Å². The van der Waals surface area contributed by atoms with E-state index in [4.69, 9.17) is 21.1 Å². The van der Waals surface area contributed by atoms with Crippen molar-refractivity contribution in [2.24, 2.45) is 0 Å². The maximum absolute atomic E-state index is 13.5. The second-order valence-corrected chi connectivity index (χ2v) is 10.2. The van der Waals surface area contributed by atoms with Crippen LogP contribution >= 0.6 is 11.6 Å². The van der Waals surface area contributed by atoms with E-state index in [9.17, 15) is 22.2 Å². The summed E-state index contributed by atoms with van der Waals surface area (Å²) in [6.45, 7) is 4.59. The third-order valence-electron chi connectivity index (χ3n) is 4.79. The molecule has 0 spiro atoms. The molecule has 0 saturated heterocycles. The van der Waals surface area contributed by atoms with Crippen molar-refractivity contribution in [1.29, 1.82) is 4.78 Å². The second-order valence-electron chi connectivity index (χ2n) is 7.67. The molecule has 1 heterocycles. The monoisotopic (exact) mass is 512 g/mol. The third kappa shape index (κ3) is 5.48. The molecular weight excluding hydrogens is 493 g/mol. The topological polar surface area (TPSA) is 105 Å². The minimum Gasteiger partial charge on any atom is -0.435 e. The number of nitrogens with one attached hydrogen (secondary N) is 2. The van der Waals surface area contributed by atoms with E-state index in [1.807, 2.05) is 0 Å². The van der Waals surface area contributed by atoms with Crippen LogP contribution in [-0.4, -0.2) is 26.6 Å². The number of halogens is 4. The summed E-state index contributed by atoms with van der Waals surface area (Å²) >= 11 is 6.28. The summed E-state index contributed by atoms with van der Waals surface area (Å²) in [5.74, 6) is -1.33. The normalized spacial score (nSPS) is 13.3. The molecule has 2 N–H and O–H groups in total. The van der Waals surface area contributed by atoms with E-state index < -0.39 is 44.5 Å². The predicted octanol–water partition coefficient (Wildman–Crippen LogP) is 6.15. The van der Waals surface area contributed by atoms with Gasteiger partial charge in [-0.15, -0.1) is 10.2 Å². The highest BCUT2D eigenvalue weighted by atomic mass is 35.5. The van der Waals surface area contributed by atoms with Gasteiger partial charge in [-0.25, -0.2) is 8.99 Å². The molecule has 1 atom stereocenters. The Balaban J connectivity index is 2.11. The van der Waals surface area contributed by atoms with Crippen molar-refractivity contribution in [1.82, 2.24) is 10.2 Å². The number of rotatable bonds is 5. The molecule has 0 bridgehead atoms. The fourth-order valence-electron chi connectivity index (χ4n) is 3.21. The van der Waals surface area contributed by atoms with Crippen LogP contribution in [0.25, 0.3) is 0 Å². The van der Waals surface area contributed by atoms with Crippen molar-refractivity contribution >= 4 is 32.9 Å². The highest BCUT2D eigenvalue weighted by Gasteiger charge is 2.38. The molecule has 0 fully saturated rings. The Morgan fingerprint density at radius 3 is 2.44 bits per heavy atom. The van der Waals surface area contributed by atoms with E-state index in [2.05, 4.69) is 15.5 Å². The van der Waals surface area contributed by atoms with Gasteiger partial charge in [-0.2, -0.15) is 13.2 Å². The Kier molecular flexibility index (Phi) is 6.90. The number of hydrogen-bond donors (Lipinski definition) is 2. The minimum absolute atomic E-state index is 0.101. The lowest BCUT2D eigenvalue weighted by molar-refractivity contribution is -0.142. The molecule has 0 radical (unpaired) electrons. The lowest BCUT2D eigenvalue weighted by atomic mass is 10.1. The Hall–Kier alpha value is -3.18. The van der Waals surface area contributed by atoms with Crippen LogP contribution in [-0.2, 0) is 15.9 Å². The van der Waals surface area contributed by atoms with E-state index in [1.54, 1.807) is 26.0 Å². The van der Waals surface area contributed by atoms with Gasteiger partial charge in [-0.05, 0) is 61.7 Å². The second kappa shape index (κ2) is 9.22. The molecule has 0 aliphatic rings. The number of alkyl halides is 3. The van der Waals surface area contributed by atoms with Gasteiger partial charge in [0.05, 0.1) is 14.8 Å². The number of nitrogens with zero attached hydrogens (tertiary/aromatic N) is 2. The smallest absolute Gasteiger partial charge is 0.435 e. The van der Waals surface area contributed by atoms with Crippen molar-refractivity contribution in [2.45, 2.75) is 31.8 Å². The van der Waals surface area contributed by atoms with Gasteiger partial charge in [0.25, 0.3) is 11.8 Å². The molecule has 3 aromatic rings. The SMILES string of the molecule is Cc1cc(C)c(Cl)c(Oc2nnc(C(F)(F)F)c(C)c2C(=O)Nc2cccc(S(C)(=N)=O)c2)c1. The molecule has 1 aromatic heterocycles. The molecule has 3 rings (SSSR count). The quantitative estimate of drug-likeness (QED) is 0.426. The van der Waals surface area contributed by atoms with E-state index in [0.29, 0.717) is 5.56 Å². The number of anilines is 1. The van der Waals surface area contributed by atoms with Gasteiger partial charge in [0.2, 0.25) is 0 Å². The van der Waals surface area contributed by atoms with E-state index in [-0.39, 0.29) is 21.4 Å². The van der Waals surface area contributed by atoms with Crippen molar-refractivity contribution in [2.75, 3.05) is 11.6 Å². The van der Waals surface area contributed by atoms with Crippen molar-refractivity contribution in [3.63, 3.8) is 0 Å². The van der Waals surface area contributed by atoms with E-state index in [1.165, 1.54) is 30.5 Å². The molecule has 0 aliphatic carbocycles. The number of aromatic nitrogens is 2. The Bertz CT molecular complexity index is 1390. The first-order valence-corrected chi connectivity index (χ1v) is 12.1. The maximum atomic E-state index is 13.5. The standard InChI is InChI=1S/C22H20ClF3N4O3S/c1-11-8-12(2)18(23)16(9-11)33-21-17(13(3)19(29-30-21)22(24,25)26)20(31)28-14-6-5-7-15(10-14)34(4,27)32/h5-10,27H,1-4H3,(H,28,31). The van der Waals surface area contributed by atoms with Crippen LogP contribution < -0.4 is 10.1 Å². The van der Waals surface area contributed by atoms with E-state index in [0.717, 1.165) is 12.5 Å². The average Bonchev–Trinajstić information content (AvgIpc) is 2.70. The van der Waals surface area contributed by atoms with Gasteiger partial charge in [0.15, 0.2) is 5.69 Å². The molecule has 0 saturated carbocycles. The summed E-state index contributed by atoms with van der Waals surface area (Å²) in [7, 11) is -3.08. The van der Waals surface area contributed by atoms with E-state index >= 15 is 0 Å². The molecule has 12 heteroatoms. The number of carbonyl (C=O) groups is 1. The molecular formula is C22H20ClF3N4O3S. The third-order valence-corrected chi connectivity index (χ3v) is 6.43. The molecule has 1 unspecified atom stereocenters. The molecule has 7 nitrogen and oxygen atoms in total. The first-order valence-electron chi connectivity index (χ1n) is 9.72. The largest absolute Gasteiger partial charge is 0.435 e. The molecule has 34 heavy (non-hydrogen) atoms. The molecule has 1 amide bonds. The molecule has 180 valence electrons. The van der Waals surface area contributed by atoms with Crippen LogP contribution in [0.3, 0.4) is 0 Å². The summed E-state index contributed by atoms with van der Waals surface area (Å²) in [6, 6.07) is 9.02. The summed E-state index contributed by atoms with van der Waals surface area (Å²) in [6.07, 6.45) is -3.65. The predicted molar refractivity (Wildman–Crippen MR) is 122 cm³/mol. The summed E-state index contributed by atoms with van der Waals surface area (Å²) in [4.78, 5) is 13.3. The Morgan fingerprint density at radius 1 is 1.15 bits per heavy atom. The van der Waals surface area contributed by atoms with Crippen molar-refractivity contribution < 1.29 is 26.9 Å². The van der Waals surface area contributed by atoms with Crippen LogP contribution in [0.2, 0.25) is 5.02 Å². The number of carbonyl (C=O) groups excluding carboxylic acids is 1. The lowest BCUT2D eigenvalue weighted by Gasteiger charge is -2.17. The fourth-order valence-corrected chi connectivity index (χ4v) is 4.04. The Morgan fingerprint density at radius 2 is 1.82 bits per heavy atom. The van der Waals surface area contributed by atoms with Crippen LogP contribution in [0.1, 0.15) is 32.7 Å². The fraction of sp³-hybridized carbons (Fsp3) is 0.227. The van der Waals surface area contributed by atoms with Crippen LogP contribution in [0, 0.1) is 25.6 Å². The average molecular weight is 513 g/mol. The highest BCUT2D eigenvalue weighted by molar-refractivity contribution is 7.91. The van der Waals surface area contributed by atoms with Gasteiger partial charge in [0.1, 0.15) is 11.3 Å². The van der Waals surface area contributed by atoms with Crippen LogP contribution in [0.5, 0.6) is 11.6 Å². The zero-order chi connectivity index (χ0) is 25.4. The van der Waals surface area contributed by atoms with Crippen molar-refractivity contribution in [3.05, 3.63) is 69.4 Å². The number of ether oxygens (including phenoxy) is 1. The highest BCUT2D eigenvalue weighted by Crippen LogP contribution is 2.37. The number of amides is 1. The summed E-state index contributed by atoms with van der Waals surface area (Å²) in [5, 5.41) is 9.43. The van der Waals surface area contributed by atoms with Crippen LogP contribution in [0.4, 0.5) is 18.9 Å². The first-order chi connectivity index (χ1) is 15.7. The zero-order valence-corrected chi connectivity index (χ0v) is 20.1.